The maximum absolute atomic E-state index is 3.40. The quantitative estimate of drug-likeness (QED) is 0.662. The van der Waals surface area contributed by atoms with Crippen LogP contribution in [0.4, 0.5) is 0 Å². The van der Waals surface area contributed by atoms with E-state index >= 15 is 0 Å². The Hall–Kier alpha value is -1.50. The summed E-state index contributed by atoms with van der Waals surface area (Å²) >= 11 is 0. The predicted octanol–water partition coefficient (Wildman–Crippen LogP) is 3.07. The average Bonchev–Trinajstić information content (AvgIpc) is 2.38. The molecule has 1 N–H and O–H groups in total. The second kappa shape index (κ2) is 3.70. The van der Waals surface area contributed by atoms with Gasteiger partial charge in [-0.2, -0.15) is 0 Å². The first-order chi connectivity index (χ1) is 6.81. The van der Waals surface area contributed by atoms with Crippen molar-refractivity contribution < 1.29 is 0 Å². The lowest BCUT2D eigenvalue weighted by atomic mass is 9.94. The molecule has 0 saturated heterocycles. The van der Waals surface area contributed by atoms with E-state index < -0.39 is 0 Å². The number of nitrogens with one attached hydrogen (secondary N) is 1. The van der Waals surface area contributed by atoms with E-state index in [1.807, 2.05) is 6.92 Å². The highest BCUT2D eigenvalue weighted by Gasteiger charge is 2.15. The van der Waals surface area contributed by atoms with Crippen LogP contribution in [0.5, 0.6) is 0 Å². The Morgan fingerprint density at radius 3 is 3.00 bits per heavy atom. The van der Waals surface area contributed by atoms with Gasteiger partial charge in [0.2, 0.25) is 0 Å². The third kappa shape index (κ3) is 1.58. The summed E-state index contributed by atoms with van der Waals surface area (Å²) in [4.78, 5) is 0. The Morgan fingerprint density at radius 1 is 1.36 bits per heavy atom. The molecule has 0 aromatic heterocycles. The number of hydrogen-bond acceptors (Lipinski definition) is 1. The topological polar surface area (TPSA) is 12.0 Å². The molecule has 2 aliphatic rings. The molecule has 1 aliphatic heterocycles. The van der Waals surface area contributed by atoms with E-state index in [9.17, 15) is 0 Å². The molecule has 1 unspecified atom stereocenters. The van der Waals surface area contributed by atoms with Crippen molar-refractivity contribution in [2.24, 2.45) is 5.92 Å². The van der Waals surface area contributed by atoms with Crippen LogP contribution in [0.2, 0.25) is 0 Å². The SMILES string of the molecule is C/C=C\C1=C(C)C2C=CC=CC(=C2)N1. The van der Waals surface area contributed by atoms with Crippen LogP contribution >= 0.6 is 0 Å². The van der Waals surface area contributed by atoms with E-state index in [2.05, 4.69) is 54.8 Å². The van der Waals surface area contributed by atoms with Gasteiger partial charge in [0.25, 0.3) is 0 Å². The number of allylic oxidation sites excluding steroid dienone is 8. The fourth-order valence-electron chi connectivity index (χ4n) is 1.77. The van der Waals surface area contributed by atoms with Crippen LogP contribution in [0, 0.1) is 5.92 Å². The molecule has 2 rings (SSSR count). The average molecular weight is 185 g/mol. The van der Waals surface area contributed by atoms with Crippen LogP contribution in [0.15, 0.2) is 59.5 Å². The minimum Gasteiger partial charge on any atom is -0.356 e. The van der Waals surface area contributed by atoms with E-state index in [4.69, 9.17) is 0 Å². The zero-order chi connectivity index (χ0) is 9.97. The fraction of sp³-hybridized carbons (Fsp3) is 0.231. The number of rotatable bonds is 1. The smallest absolute Gasteiger partial charge is 0.0379 e. The molecule has 0 fully saturated rings. The van der Waals surface area contributed by atoms with Gasteiger partial charge in [-0.3, -0.25) is 0 Å². The summed E-state index contributed by atoms with van der Waals surface area (Å²) in [5, 5.41) is 3.40. The molecule has 1 nitrogen and oxygen atoms in total. The molecule has 2 bridgehead atoms. The van der Waals surface area contributed by atoms with Crippen molar-refractivity contribution in [3.05, 3.63) is 59.5 Å². The number of dihydropyridines is 1. The van der Waals surface area contributed by atoms with Crippen molar-refractivity contribution in [1.29, 1.82) is 0 Å². The first-order valence-electron chi connectivity index (χ1n) is 4.98. The number of hydrogen-bond donors (Lipinski definition) is 1. The largest absolute Gasteiger partial charge is 0.356 e. The Kier molecular flexibility index (Phi) is 2.40. The van der Waals surface area contributed by atoms with E-state index in [0.29, 0.717) is 5.92 Å². The van der Waals surface area contributed by atoms with Crippen LogP contribution in [0.1, 0.15) is 13.8 Å². The maximum atomic E-state index is 3.40. The van der Waals surface area contributed by atoms with Crippen molar-refractivity contribution in [3.8, 4) is 0 Å². The lowest BCUT2D eigenvalue weighted by Crippen LogP contribution is -2.19. The van der Waals surface area contributed by atoms with Crippen molar-refractivity contribution in [1.82, 2.24) is 5.32 Å². The molecule has 0 saturated carbocycles. The lowest BCUT2D eigenvalue weighted by Gasteiger charge is -2.21. The molecule has 72 valence electrons. The molecule has 0 amide bonds. The van der Waals surface area contributed by atoms with Gasteiger partial charge in [-0.05, 0) is 37.6 Å². The first kappa shape index (κ1) is 9.07. The monoisotopic (exact) mass is 185 g/mol. The van der Waals surface area contributed by atoms with Crippen LogP contribution in [0.25, 0.3) is 0 Å². The molecular weight excluding hydrogens is 170 g/mol. The van der Waals surface area contributed by atoms with Gasteiger partial charge in [-0.25, -0.2) is 0 Å². The van der Waals surface area contributed by atoms with Crippen LogP contribution in [0.3, 0.4) is 0 Å². The van der Waals surface area contributed by atoms with Gasteiger partial charge in [0.1, 0.15) is 0 Å². The predicted molar refractivity (Wildman–Crippen MR) is 60.5 cm³/mol. The van der Waals surface area contributed by atoms with Gasteiger partial charge in [-0.1, -0.05) is 24.3 Å². The molecule has 0 aromatic carbocycles. The highest BCUT2D eigenvalue weighted by atomic mass is 14.9. The summed E-state index contributed by atoms with van der Waals surface area (Å²) in [6.07, 6.45) is 15.0. The zero-order valence-corrected chi connectivity index (χ0v) is 8.62. The summed E-state index contributed by atoms with van der Waals surface area (Å²) in [6, 6.07) is 0. The molecule has 1 heteroatoms. The van der Waals surface area contributed by atoms with Crippen LogP contribution < -0.4 is 5.32 Å². The van der Waals surface area contributed by atoms with E-state index in [1.54, 1.807) is 0 Å². The Labute approximate surface area is 85.2 Å². The van der Waals surface area contributed by atoms with Gasteiger partial charge in [0, 0.05) is 17.3 Å². The Balaban J connectivity index is 2.38. The minimum atomic E-state index is 0.451. The molecule has 1 atom stereocenters. The Bertz CT molecular complexity index is 378. The highest BCUT2D eigenvalue weighted by Crippen LogP contribution is 2.26. The van der Waals surface area contributed by atoms with E-state index in [-0.39, 0.29) is 0 Å². The summed E-state index contributed by atoms with van der Waals surface area (Å²) in [7, 11) is 0. The molecule has 1 heterocycles. The van der Waals surface area contributed by atoms with Crippen LogP contribution in [-0.4, -0.2) is 0 Å². The van der Waals surface area contributed by atoms with Gasteiger partial charge in [0.15, 0.2) is 0 Å². The zero-order valence-electron chi connectivity index (χ0n) is 8.62. The highest BCUT2D eigenvalue weighted by molar-refractivity contribution is 5.43. The van der Waals surface area contributed by atoms with E-state index in [0.717, 1.165) is 0 Å². The second-order valence-electron chi connectivity index (χ2n) is 3.61. The maximum Gasteiger partial charge on any atom is 0.0379 e. The van der Waals surface area contributed by atoms with Crippen molar-refractivity contribution in [3.63, 3.8) is 0 Å². The molecule has 0 aromatic rings. The van der Waals surface area contributed by atoms with Gasteiger partial charge >= 0.3 is 0 Å². The summed E-state index contributed by atoms with van der Waals surface area (Å²) in [5.41, 5.74) is 3.80. The normalized spacial score (nSPS) is 25.0. The van der Waals surface area contributed by atoms with E-state index in [1.165, 1.54) is 17.0 Å². The molecule has 14 heavy (non-hydrogen) atoms. The summed E-state index contributed by atoms with van der Waals surface area (Å²) < 4.78 is 0. The van der Waals surface area contributed by atoms with Crippen molar-refractivity contribution in [2.75, 3.05) is 0 Å². The second-order valence-corrected chi connectivity index (χ2v) is 3.61. The number of fused-ring (bicyclic) bond motifs is 1. The van der Waals surface area contributed by atoms with Crippen molar-refractivity contribution in [2.45, 2.75) is 13.8 Å². The lowest BCUT2D eigenvalue weighted by molar-refractivity contribution is 0.843. The van der Waals surface area contributed by atoms with Crippen LogP contribution in [-0.2, 0) is 0 Å². The molecule has 0 radical (unpaired) electrons. The summed E-state index contributed by atoms with van der Waals surface area (Å²) in [6.45, 7) is 4.22. The Morgan fingerprint density at radius 2 is 2.21 bits per heavy atom. The molecule has 0 spiro atoms. The first-order valence-corrected chi connectivity index (χ1v) is 4.98. The third-order valence-corrected chi connectivity index (χ3v) is 2.60. The molecule has 1 aliphatic carbocycles. The molecular formula is C13H15N. The van der Waals surface area contributed by atoms with Gasteiger partial charge < -0.3 is 5.32 Å². The third-order valence-electron chi connectivity index (χ3n) is 2.60. The standard InChI is InChI=1S/C13H15N/c1-3-6-13-10(2)11-7-4-5-8-12(9-11)14-13/h3-9,11,14H,1-2H3/b6-3-. The van der Waals surface area contributed by atoms with Gasteiger partial charge in [-0.15, -0.1) is 0 Å². The fourth-order valence-corrected chi connectivity index (χ4v) is 1.77. The van der Waals surface area contributed by atoms with Gasteiger partial charge in [0.05, 0.1) is 0 Å². The minimum absolute atomic E-state index is 0.451. The van der Waals surface area contributed by atoms with Crippen molar-refractivity contribution >= 4 is 0 Å². The summed E-state index contributed by atoms with van der Waals surface area (Å²) in [5.74, 6) is 0.451.